The second-order valence-corrected chi connectivity index (χ2v) is 10.7. The number of aromatic nitrogens is 4. The predicted octanol–water partition coefficient (Wildman–Crippen LogP) is 4.46. The van der Waals surface area contributed by atoms with E-state index in [9.17, 15) is 27.2 Å². The summed E-state index contributed by atoms with van der Waals surface area (Å²) in [5.74, 6) is -0.247. The van der Waals surface area contributed by atoms with E-state index >= 15 is 0 Å². The number of nitrogen functional groups attached to an aromatic ring is 1. The average Bonchev–Trinajstić information content (AvgIpc) is 3.31. The number of aromatic amines is 1. The van der Waals surface area contributed by atoms with Gasteiger partial charge in [-0.2, -0.15) is 13.2 Å². The van der Waals surface area contributed by atoms with Crippen LogP contribution >= 0.6 is 0 Å². The Morgan fingerprint density at radius 1 is 1.21 bits per heavy atom. The van der Waals surface area contributed by atoms with E-state index in [1.54, 1.807) is 23.1 Å². The number of alkyl halides is 4. The monoisotopic (exact) mass is 599 g/mol. The molecule has 2 atom stereocenters. The number of benzene rings is 2. The molecule has 0 unspecified atom stereocenters. The van der Waals surface area contributed by atoms with E-state index < -0.39 is 35.4 Å². The van der Waals surface area contributed by atoms with E-state index in [2.05, 4.69) is 25.3 Å². The molecule has 5 rings (SSSR count). The van der Waals surface area contributed by atoms with Gasteiger partial charge in [-0.15, -0.1) is 0 Å². The number of para-hydroxylation sites is 1. The van der Waals surface area contributed by atoms with Gasteiger partial charge in [0.05, 0.1) is 22.8 Å². The van der Waals surface area contributed by atoms with E-state index in [0.717, 1.165) is 12.1 Å². The van der Waals surface area contributed by atoms with E-state index in [0.29, 0.717) is 17.6 Å². The van der Waals surface area contributed by atoms with Crippen LogP contribution in [0, 0.1) is 5.92 Å². The molecule has 1 saturated heterocycles. The maximum Gasteiger partial charge on any atom is 0.416 e. The van der Waals surface area contributed by atoms with Crippen LogP contribution in [0.15, 0.2) is 53.6 Å². The first-order valence-electron chi connectivity index (χ1n) is 13.5. The summed E-state index contributed by atoms with van der Waals surface area (Å²) in [7, 11) is 0. The molecule has 10 nitrogen and oxygen atoms in total. The first kappa shape index (κ1) is 29.9. The summed E-state index contributed by atoms with van der Waals surface area (Å²) in [5, 5.41) is 2.70. The summed E-state index contributed by atoms with van der Waals surface area (Å²) in [5.41, 5.74) is 5.54. The van der Waals surface area contributed by atoms with Crippen LogP contribution in [0.4, 0.5) is 23.4 Å². The lowest BCUT2D eigenvalue weighted by Crippen LogP contribution is -2.44. The van der Waals surface area contributed by atoms with Crippen molar-refractivity contribution in [2.24, 2.45) is 5.92 Å². The molecule has 4 aromatic rings. The molecule has 43 heavy (non-hydrogen) atoms. The van der Waals surface area contributed by atoms with Gasteiger partial charge in [-0.1, -0.05) is 26.0 Å². The van der Waals surface area contributed by atoms with Crippen molar-refractivity contribution in [3.63, 3.8) is 0 Å². The van der Waals surface area contributed by atoms with Crippen molar-refractivity contribution in [3.8, 4) is 22.9 Å². The summed E-state index contributed by atoms with van der Waals surface area (Å²) in [4.78, 5) is 41.7. The Hall–Kier alpha value is -4.59. The molecule has 0 spiro atoms. The van der Waals surface area contributed by atoms with Crippen molar-refractivity contribution >= 4 is 22.8 Å². The third-order valence-corrected chi connectivity index (χ3v) is 6.98. The zero-order valence-corrected chi connectivity index (χ0v) is 23.3. The van der Waals surface area contributed by atoms with Gasteiger partial charge in [-0.25, -0.2) is 19.3 Å². The number of ether oxygens (including phenoxy) is 1. The third kappa shape index (κ3) is 6.74. The number of amides is 1. The molecule has 226 valence electrons. The van der Waals surface area contributed by atoms with Crippen molar-refractivity contribution in [1.82, 2.24) is 30.2 Å². The molecule has 14 heteroatoms. The van der Waals surface area contributed by atoms with Gasteiger partial charge in [0, 0.05) is 37.7 Å². The lowest BCUT2D eigenvalue weighted by atomic mass is 10.0. The van der Waals surface area contributed by atoms with Crippen LogP contribution in [0.3, 0.4) is 0 Å². The van der Waals surface area contributed by atoms with Gasteiger partial charge in [0.1, 0.15) is 18.0 Å². The molecule has 1 amide bonds. The van der Waals surface area contributed by atoms with Gasteiger partial charge in [-0.3, -0.25) is 14.5 Å². The van der Waals surface area contributed by atoms with E-state index in [-0.39, 0.29) is 59.6 Å². The molecule has 2 aromatic heterocycles. The number of halogens is 4. The summed E-state index contributed by atoms with van der Waals surface area (Å²) < 4.78 is 61.0. The molecule has 1 fully saturated rings. The minimum atomic E-state index is -4.62. The number of H-pyrrole nitrogens is 1. The lowest BCUT2D eigenvalue weighted by Gasteiger charge is -2.25. The molecule has 0 bridgehead atoms. The lowest BCUT2D eigenvalue weighted by molar-refractivity contribution is -0.137. The Morgan fingerprint density at radius 3 is 2.74 bits per heavy atom. The van der Waals surface area contributed by atoms with E-state index in [1.165, 1.54) is 18.5 Å². The number of nitrogens with zero attached hydrogens (tertiary/aromatic N) is 4. The highest BCUT2D eigenvalue weighted by atomic mass is 19.4. The zero-order valence-electron chi connectivity index (χ0n) is 23.3. The fraction of sp³-hybridized carbons (Fsp3) is 0.345. The van der Waals surface area contributed by atoms with Crippen LogP contribution in [0.2, 0.25) is 0 Å². The number of fused-ring (bicyclic) bond motifs is 1. The minimum Gasteiger partial charge on any atom is -0.437 e. The number of hydrogen-bond donors (Lipinski definition) is 3. The van der Waals surface area contributed by atoms with Crippen molar-refractivity contribution in [1.29, 1.82) is 0 Å². The summed E-state index contributed by atoms with van der Waals surface area (Å²) in [6, 6.07) is 8.67. The predicted molar refractivity (Wildman–Crippen MR) is 151 cm³/mol. The molecule has 1 aliphatic heterocycles. The van der Waals surface area contributed by atoms with Gasteiger partial charge in [0.15, 0.2) is 11.6 Å². The Morgan fingerprint density at radius 2 is 2.00 bits per heavy atom. The molecule has 0 aliphatic carbocycles. The number of nitrogens with one attached hydrogen (secondary N) is 2. The van der Waals surface area contributed by atoms with Crippen molar-refractivity contribution in [3.05, 3.63) is 70.3 Å². The Balaban J connectivity index is 1.43. The number of nitrogens with two attached hydrogens (primary N) is 1. The van der Waals surface area contributed by atoms with Gasteiger partial charge in [-0.05, 0) is 35.7 Å². The molecule has 0 radical (unpaired) electrons. The molecule has 3 heterocycles. The number of hydrogen-bond acceptors (Lipinski definition) is 8. The minimum absolute atomic E-state index is 0.0170. The molecule has 1 aliphatic rings. The smallest absolute Gasteiger partial charge is 0.416 e. The summed E-state index contributed by atoms with van der Waals surface area (Å²) in [6.45, 7) is 4.32. The fourth-order valence-electron chi connectivity index (χ4n) is 5.09. The van der Waals surface area contributed by atoms with E-state index in [4.69, 9.17) is 10.5 Å². The summed E-state index contributed by atoms with van der Waals surface area (Å²) >= 11 is 0. The van der Waals surface area contributed by atoms with Crippen LogP contribution in [0.5, 0.6) is 11.6 Å². The van der Waals surface area contributed by atoms with Crippen LogP contribution in [-0.2, 0) is 17.5 Å². The van der Waals surface area contributed by atoms with E-state index in [1.807, 2.05) is 13.8 Å². The van der Waals surface area contributed by atoms with Crippen LogP contribution < -0.4 is 21.3 Å². The number of carbonyl (C=O) groups is 1. The van der Waals surface area contributed by atoms with Crippen molar-refractivity contribution in [2.75, 3.05) is 18.8 Å². The highest BCUT2D eigenvalue weighted by Gasteiger charge is 2.37. The van der Waals surface area contributed by atoms with Crippen LogP contribution in [-0.4, -0.2) is 56.0 Å². The molecular weight excluding hydrogens is 570 g/mol. The number of anilines is 1. The highest BCUT2D eigenvalue weighted by Crippen LogP contribution is 2.34. The first-order valence-corrected chi connectivity index (χ1v) is 13.5. The normalized spacial score (nSPS) is 17.5. The molecule has 2 aromatic carbocycles. The largest absolute Gasteiger partial charge is 0.437 e. The van der Waals surface area contributed by atoms with Crippen molar-refractivity contribution in [2.45, 2.75) is 45.2 Å². The van der Waals surface area contributed by atoms with Crippen LogP contribution in [0.1, 0.15) is 31.4 Å². The second kappa shape index (κ2) is 12.0. The fourth-order valence-corrected chi connectivity index (χ4v) is 5.09. The topological polar surface area (TPSA) is 139 Å². The SMILES string of the molecule is CC(C)CN1C[C@H](F)C[C@H]1C(=O)NCc1cc(C(F)(F)F)ccc1-c1cc(Oc2cccc3[nH]c(=O)c(N)nc23)ncn1. The summed E-state index contributed by atoms with van der Waals surface area (Å²) in [6.07, 6.45) is -4.58. The first-order chi connectivity index (χ1) is 20.4. The number of likely N-dealkylation sites (tertiary alicyclic amines) is 1. The molecule has 4 N–H and O–H groups in total. The maximum absolute atomic E-state index is 14.2. The zero-order chi connectivity index (χ0) is 30.9. The van der Waals surface area contributed by atoms with Gasteiger partial charge >= 0.3 is 6.18 Å². The van der Waals surface area contributed by atoms with Gasteiger partial charge in [0.2, 0.25) is 11.8 Å². The Bertz CT molecular complexity index is 1710. The maximum atomic E-state index is 14.2. The second-order valence-electron chi connectivity index (χ2n) is 10.7. The van der Waals surface area contributed by atoms with Gasteiger partial charge < -0.3 is 20.8 Å². The third-order valence-electron chi connectivity index (χ3n) is 6.98. The highest BCUT2D eigenvalue weighted by molar-refractivity contribution is 5.83. The number of carbonyl (C=O) groups excluding carboxylic acids is 1. The van der Waals surface area contributed by atoms with Crippen molar-refractivity contribution < 1.29 is 27.1 Å². The molecule has 0 saturated carbocycles. The average molecular weight is 600 g/mol. The molecular formula is C29H29F4N7O3. The standard InChI is InChI=1S/C29H29F4N7O3/c1-15(2)12-40-13-18(30)9-22(40)27(41)35-11-16-8-17(29(31,32)33)6-7-19(16)21-10-24(37-14-36-21)43-23-5-3-4-20-25(23)39-26(34)28(42)38-20/h3-8,10,14-15,18,22H,9,11-13H2,1-2H3,(H2,34,39)(H,35,41)(H,38,42)/t18-,22+/m1/s1. The quantitative estimate of drug-likeness (QED) is 0.253. The Kier molecular flexibility index (Phi) is 8.31. The van der Waals surface area contributed by atoms with Gasteiger partial charge in [0.25, 0.3) is 5.56 Å². The van der Waals surface area contributed by atoms with Crippen LogP contribution in [0.25, 0.3) is 22.3 Å². The number of rotatable bonds is 8. The Labute approximate surface area is 243 Å².